The number of aromatic nitrogens is 2. The zero-order valence-electron chi connectivity index (χ0n) is 14.9. The third-order valence-electron chi connectivity index (χ3n) is 4.23. The molecule has 0 fully saturated rings. The fourth-order valence-corrected chi connectivity index (χ4v) is 2.97. The number of alkyl halides is 2. The Labute approximate surface area is 163 Å². The lowest BCUT2D eigenvalue weighted by Gasteiger charge is -2.25. The third-order valence-corrected chi connectivity index (χ3v) is 4.23. The molecular weight excluding hydrogens is 382 g/mol. The summed E-state index contributed by atoms with van der Waals surface area (Å²) in [6, 6.07) is 16.5. The van der Waals surface area contributed by atoms with Crippen molar-refractivity contribution >= 4 is 23.0 Å². The smallest absolute Gasteiger partial charge is 0.387 e. The van der Waals surface area contributed by atoms with Gasteiger partial charge in [-0.1, -0.05) is 30.3 Å². The Morgan fingerprint density at radius 2 is 1.69 bits per heavy atom. The highest BCUT2D eigenvalue weighted by Crippen LogP contribution is 2.31. The molecule has 1 aliphatic heterocycles. The van der Waals surface area contributed by atoms with Crippen LogP contribution in [0.5, 0.6) is 5.75 Å². The first kappa shape index (κ1) is 18.5. The molecule has 7 nitrogen and oxygen atoms in total. The standard InChI is InChI=1S/C20H14F2N4O3/c21-20(22)29-17-9-5-4-8-14(17)25-12-16(27)19(28)18(24-25)15-10-11-23-26(15)13-6-2-1-3-7-13/h1-11,20H,12H2. The Bertz CT molecular complexity index is 1100. The van der Waals surface area contributed by atoms with Crippen LogP contribution in [0.4, 0.5) is 14.5 Å². The highest BCUT2D eigenvalue weighted by Gasteiger charge is 2.33. The van der Waals surface area contributed by atoms with E-state index in [2.05, 4.69) is 14.9 Å². The van der Waals surface area contributed by atoms with E-state index in [-0.39, 0.29) is 23.7 Å². The number of anilines is 1. The summed E-state index contributed by atoms with van der Waals surface area (Å²) in [6.07, 6.45) is 1.48. The van der Waals surface area contributed by atoms with Gasteiger partial charge in [0.1, 0.15) is 12.2 Å². The average molecular weight is 396 g/mol. The molecule has 3 aromatic rings. The molecule has 0 amide bonds. The molecule has 0 saturated carbocycles. The Balaban J connectivity index is 1.79. The number of benzene rings is 2. The number of hydrogen-bond donors (Lipinski definition) is 0. The van der Waals surface area contributed by atoms with Gasteiger partial charge in [0.2, 0.25) is 5.78 Å². The van der Waals surface area contributed by atoms with Crippen molar-refractivity contribution in [2.45, 2.75) is 6.61 Å². The van der Waals surface area contributed by atoms with Gasteiger partial charge in [0, 0.05) is 0 Å². The molecule has 1 aromatic heterocycles. The van der Waals surface area contributed by atoms with E-state index < -0.39 is 18.2 Å². The van der Waals surface area contributed by atoms with Crippen molar-refractivity contribution in [3.63, 3.8) is 0 Å². The van der Waals surface area contributed by atoms with Crippen molar-refractivity contribution in [1.29, 1.82) is 0 Å². The first-order chi connectivity index (χ1) is 14.0. The number of hydrogen-bond acceptors (Lipinski definition) is 6. The summed E-state index contributed by atoms with van der Waals surface area (Å²) < 4.78 is 31.5. The Kier molecular flexibility index (Phi) is 4.86. The second kappa shape index (κ2) is 7.63. The molecule has 0 bridgehead atoms. The number of halogens is 2. The van der Waals surface area contributed by atoms with Gasteiger partial charge in [-0.25, -0.2) is 4.68 Å². The van der Waals surface area contributed by atoms with E-state index in [1.165, 1.54) is 34.1 Å². The van der Waals surface area contributed by atoms with Crippen LogP contribution < -0.4 is 9.75 Å². The van der Waals surface area contributed by atoms with Crippen LogP contribution in [0.25, 0.3) is 5.69 Å². The van der Waals surface area contributed by atoms with Gasteiger partial charge in [-0.2, -0.15) is 19.0 Å². The lowest BCUT2D eigenvalue weighted by Crippen LogP contribution is -2.42. The summed E-state index contributed by atoms with van der Waals surface area (Å²) >= 11 is 0. The molecular formula is C20H14F2N4O3. The molecule has 0 unspecified atom stereocenters. The maximum atomic E-state index is 12.7. The van der Waals surface area contributed by atoms with E-state index in [1.54, 1.807) is 36.4 Å². The largest absolute Gasteiger partial charge is 0.433 e. The molecule has 29 heavy (non-hydrogen) atoms. The van der Waals surface area contributed by atoms with Gasteiger partial charge in [-0.05, 0) is 30.3 Å². The first-order valence-electron chi connectivity index (χ1n) is 8.62. The normalized spacial score (nSPS) is 14.3. The van der Waals surface area contributed by atoms with Crippen LogP contribution in [0.1, 0.15) is 5.69 Å². The summed E-state index contributed by atoms with van der Waals surface area (Å²) in [5.41, 5.74) is 1.01. The van der Waals surface area contributed by atoms with E-state index in [0.717, 1.165) is 0 Å². The van der Waals surface area contributed by atoms with E-state index in [0.29, 0.717) is 11.4 Å². The van der Waals surface area contributed by atoms with Gasteiger partial charge < -0.3 is 4.74 Å². The molecule has 0 radical (unpaired) electrons. The van der Waals surface area contributed by atoms with Crippen molar-refractivity contribution in [2.24, 2.45) is 5.10 Å². The van der Waals surface area contributed by atoms with E-state index in [9.17, 15) is 18.4 Å². The van der Waals surface area contributed by atoms with Gasteiger partial charge in [0.15, 0.2) is 11.5 Å². The zero-order chi connectivity index (χ0) is 20.4. The van der Waals surface area contributed by atoms with Crippen molar-refractivity contribution in [2.75, 3.05) is 11.6 Å². The number of carbonyl (C=O) groups excluding carboxylic acids is 2. The maximum Gasteiger partial charge on any atom is 0.387 e. The molecule has 146 valence electrons. The third kappa shape index (κ3) is 3.62. The van der Waals surface area contributed by atoms with E-state index >= 15 is 0 Å². The fourth-order valence-electron chi connectivity index (χ4n) is 2.97. The summed E-state index contributed by atoms with van der Waals surface area (Å²) in [5, 5.41) is 9.66. The molecule has 2 heterocycles. The van der Waals surface area contributed by atoms with Crippen LogP contribution in [0, 0.1) is 0 Å². The van der Waals surface area contributed by atoms with Crippen molar-refractivity contribution in [1.82, 2.24) is 9.78 Å². The molecule has 9 heteroatoms. The second-order valence-electron chi connectivity index (χ2n) is 6.07. The van der Waals surface area contributed by atoms with Crippen molar-refractivity contribution in [3.8, 4) is 11.4 Å². The quantitative estimate of drug-likeness (QED) is 0.620. The minimum atomic E-state index is -3.04. The number of para-hydroxylation sites is 3. The maximum absolute atomic E-state index is 12.7. The molecule has 2 aromatic carbocycles. The monoisotopic (exact) mass is 396 g/mol. The number of ketones is 2. The number of Topliss-reactive ketones (excluding diaryl/α,β-unsaturated/α-hetero) is 2. The minimum Gasteiger partial charge on any atom is -0.433 e. The van der Waals surface area contributed by atoms with Crippen LogP contribution >= 0.6 is 0 Å². The highest BCUT2D eigenvalue weighted by atomic mass is 19.3. The fraction of sp³-hybridized carbons (Fsp3) is 0.100. The van der Waals surface area contributed by atoms with Gasteiger partial charge >= 0.3 is 6.61 Å². The van der Waals surface area contributed by atoms with Crippen LogP contribution in [0.2, 0.25) is 0 Å². The van der Waals surface area contributed by atoms with Gasteiger partial charge in [-0.3, -0.25) is 14.6 Å². The molecule has 1 aliphatic rings. The number of ether oxygens (including phenoxy) is 1. The Hall–Kier alpha value is -3.88. The lowest BCUT2D eigenvalue weighted by atomic mass is 10.1. The van der Waals surface area contributed by atoms with Crippen LogP contribution in [0.15, 0.2) is 72.0 Å². The highest BCUT2D eigenvalue weighted by molar-refractivity contribution is 6.69. The van der Waals surface area contributed by atoms with Crippen LogP contribution in [0.3, 0.4) is 0 Å². The second-order valence-corrected chi connectivity index (χ2v) is 6.07. The lowest BCUT2D eigenvalue weighted by molar-refractivity contribution is -0.132. The summed E-state index contributed by atoms with van der Waals surface area (Å²) in [4.78, 5) is 24.9. The van der Waals surface area contributed by atoms with E-state index in [1.807, 2.05) is 6.07 Å². The Morgan fingerprint density at radius 1 is 0.966 bits per heavy atom. The van der Waals surface area contributed by atoms with Crippen molar-refractivity contribution < 1.29 is 23.1 Å². The number of nitrogens with zero attached hydrogens (tertiary/aromatic N) is 4. The number of carbonyl (C=O) groups is 2. The van der Waals surface area contributed by atoms with E-state index in [4.69, 9.17) is 0 Å². The van der Waals surface area contributed by atoms with Gasteiger partial charge in [0.25, 0.3) is 5.78 Å². The molecule has 0 aliphatic carbocycles. The van der Waals surface area contributed by atoms with Gasteiger partial charge in [0.05, 0.1) is 17.6 Å². The summed E-state index contributed by atoms with van der Waals surface area (Å²) in [5.74, 6) is -1.64. The SMILES string of the molecule is O=C1CN(c2ccccc2OC(F)F)N=C(c2ccnn2-c2ccccc2)C1=O. The van der Waals surface area contributed by atoms with Gasteiger partial charge in [-0.15, -0.1) is 0 Å². The average Bonchev–Trinajstić information content (AvgIpc) is 3.20. The minimum absolute atomic E-state index is 0.130. The molecule has 0 spiro atoms. The molecule has 0 N–H and O–H groups in total. The van der Waals surface area contributed by atoms with Crippen molar-refractivity contribution in [3.05, 3.63) is 72.6 Å². The topological polar surface area (TPSA) is 76.8 Å². The molecule has 0 saturated heterocycles. The van der Waals surface area contributed by atoms with Crippen LogP contribution in [-0.2, 0) is 9.59 Å². The summed E-state index contributed by atoms with van der Waals surface area (Å²) in [6.45, 7) is -3.42. The summed E-state index contributed by atoms with van der Waals surface area (Å²) in [7, 11) is 0. The zero-order valence-corrected chi connectivity index (χ0v) is 14.9. The predicted octanol–water partition coefficient (Wildman–Crippen LogP) is 2.84. The number of rotatable bonds is 5. The molecule has 0 atom stereocenters. The first-order valence-corrected chi connectivity index (χ1v) is 8.62. The molecule has 4 rings (SSSR count). The van der Waals surface area contributed by atoms with Crippen LogP contribution in [-0.4, -0.2) is 40.2 Å². The Morgan fingerprint density at radius 3 is 2.45 bits per heavy atom. The number of hydrazone groups is 1. The predicted molar refractivity (Wildman–Crippen MR) is 101 cm³/mol.